The molecule has 222 valence electrons. The molecule has 0 rings (SSSR count). The summed E-state index contributed by atoms with van der Waals surface area (Å²) in [6.07, 6.45) is -0.593. The Labute approximate surface area is 224 Å². The molecule has 0 aliphatic heterocycles. The Morgan fingerprint density at radius 1 is 0.667 bits per heavy atom. The van der Waals surface area contributed by atoms with Gasteiger partial charge in [-0.1, -0.05) is 0 Å². The van der Waals surface area contributed by atoms with E-state index < -0.39 is 97.6 Å². The Kier molecular flexibility index (Phi) is 16.6. The molecule has 17 nitrogen and oxygen atoms in total. The second-order valence-corrected chi connectivity index (χ2v) is 8.69. The van der Waals surface area contributed by atoms with Gasteiger partial charge in [-0.05, 0) is 45.6 Å². The minimum absolute atomic E-state index is 0.102. The number of aliphatic hydroxyl groups excluding tert-OH is 1. The Hall–Kier alpha value is -3.83. The first-order valence-corrected chi connectivity index (χ1v) is 12.2. The highest BCUT2D eigenvalue weighted by Crippen LogP contribution is 2.04. The minimum Gasteiger partial charge on any atom is -0.481 e. The summed E-state index contributed by atoms with van der Waals surface area (Å²) < 4.78 is 0. The molecule has 12 N–H and O–H groups in total. The molecule has 0 saturated heterocycles. The van der Waals surface area contributed by atoms with Crippen LogP contribution in [0.1, 0.15) is 51.9 Å². The molecule has 0 aliphatic rings. The summed E-state index contributed by atoms with van der Waals surface area (Å²) in [5.41, 5.74) is 11.0. The fourth-order valence-corrected chi connectivity index (χ4v) is 3.12. The maximum Gasteiger partial charge on any atom is 0.326 e. The van der Waals surface area contributed by atoms with Crippen LogP contribution in [0.15, 0.2) is 0 Å². The number of amides is 4. The number of unbranched alkanes of at least 4 members (excludes halogenated alkanes) is 1. The van der Waals surface area contributed by atoms with Crippen LogP contribution in [0.3, 0.4) is 0 Å². The van der Waals surface area contributed by atoms with Crippen molar-refractivity contribution in [2.75, 3.05) is 13.2 Å². The molecule has 0 aromatic carbocycles. The Morgan fingerprint density at radius 3 is 1.69 bits per heavy atom. The Morgan fingerprint density at radius 2 is 1.18 bits per heavy atom. The van der Waals surface area contributed by atoms with Gasteiger partial charge in [-0.25, -0.2) is 4.79 Å². The van der Waals surface area contributed by atoms with Gasteiger partial charge in [0.1, 0.15) is 24.2 Å². The number of carboxylic acid groups (broad SMARTS) is 3. The lowest BCUT2D eigenvalue weighted by molar-refractivity contribution is -0.142. The highest BCUT2D eigenvalue weighted by Gasteiger charge is 2.30. The summed E-state index contributed by atoms with van der Waals surface area (Å²) in [5, 5.41) is 45.4. The van der Waals surface area contributed by atoms with Crippen LogP contribution in [0.25, 0.3) is 0 Å². The first kappa shape index (κ1) is 35.2. The number of nitrogens with one attached hydrogen (secondary N) is 4. The number of carbonyl (C=O) groups is 7. The molecule has 5 atom stereocenters. The summed E-state index contributed by atoms with van der Waals surface area (Å²) in [5.74, 6) is -7.64. The molecule has 0 bridgehead atoms. The molecule has 39 heavy (non-hydrogen) atoms. The molecule has 4 amide bonds. The molecule has 0 radical (unpaired) electrons. The average molecular weight is 563 g/mol. The largest absolute Gasteiger partial charge is 0.481 e. The van der Waals surface area contributed by atoms with Gasteiger partial charge in [-0.2, -0.15) is 0 Å². The molecular weight excluding hydrogens is 524 g/mol. The smallest absolute Gasteiger partial charge is 0.326 e. The lowest BCUT2D eigenvalue weighted by Gasteiger charge is -2.24. The molecule has 17 heteroatoms. The second kappa shape index (κ2) is 18.4. The van der Waals surface area contributed by atoms with Crippen LogP contribution in [-0.2, 0) is 33.6 Å². The zero-order chi connectivity index (χ0) is 30.1. The third kappa shape index (κ3) is 14.6. The maximum atomic E-state index is 12.8. The van der Waals surface area contributed by atoms with E-state index in [2.05, 4.69) is 21.3 Å². The summed E-state index contributed by atoms with van der Waals surface area (Å²) in [6, 6.07) is -6.95. The number of hydrogen-bond acceptors (Lipinski definition) is 10. The van der Waals surface area contributed by atoms with Crippen LogP contribution < -0.4 is 32.7 Å². The fourth-order valence-electron chi connectivity index (χ4n) is 3.12. The monoisotopic (exact) mass is 562 g/mol. The van der Waals surface area contributed by atoms with Gasteiger partial charge in [0.15, 0.2) is 0 Å². The van der Waals surface area contributed by atoms with Crippen molar-refractivity contribution in [1.82, 2.24) is 21.3 Å². The van der Waals surface area contributed by atoms with E-state index in [0.29, 0.717) is 19.4 Å². The number of aliphatic carboxylic acids is 3. The van der Waals surface area contributed by atoms with Gasteiger partial charge in [0.2, 0.25) is 23.6 Å². The van der Waals surface area contributed by atoms with Crippen molar-refractivity contribution in [1.29, 1.82) is 0 Å². The maximum absolute atomic E-state index is 12.8. The quantitative estimate of drug-likeness (QED) is 0.0637. The van der Waals surface area contributed by atoms with Crippen LogP contribution in [0, 0.1) is 0 Å². The molecule has 0 unspecified atom stereocenters. The van der Waals surface area contributed by atoms with Gasteiger partial charge < -0.3 is 53.2 Å². The highest BCUT2D eigenvalue weighted by molar-refractivity contribution is 5.95. The first-order valence-electron chi connectivity index (χ1n) is 12.2. The van der Waals surface area contributed by atoms with Crippen LogP contribution in [0.4, 0.5) is 0 Å². The van der Waals surface area contributed by atoms with Gasteiger partial charge in [0.05, 0.1) is 12.6 Å². The molecule has 0 saturated carbocycles. The Balaban J connectivity index is 5.32. The van der Waals surface area contributed by atoms with E-state index in [1.807, 2.05) is 0 Å². The Bertz CT molecular complexity index is 885. The second-order valence-electron chi connectivity index (χ2n) is 8.69. The molecular formula is C22H38N6O11. The number of aliphatic hydroxyl groups is 1. The van der Waals surface area contributed by atoms with Crippen molar-refractivity contribution < 1.29 is 54.0 Å². The van der Waals surface area contributed by atoms with Crippen molar-refractivity contribution in [3.8, 4) is 0 Å². The van der Waals surface area contributed by atoms with Crippen molar-refractivity contribution in [2.45, 2.75) is 82.1 Å². The zero-order valence-corrected chi connectivity index (χ0v) is 21.6. The summed E-state index contributed by atoms with van der Waals surface area (Å²) in [6.45, 7) is 0.655. The number of carboxylic acids is 3. The van der Waals surface area contributed by atoms with E-state index in [0.717, 1.165) is 0 Å². The fraction of sp³-hybridized carbons (Fsp3) is 0.682. The molecule has 0 fully saturated rings. The van der Waals surface area contributed by atoms with E-state index in [1.165, 1.54) is 6.92 Å². The first-order chi connectivity index (χ1) is 18.2. The van der Waals surface area contributed by atoms with Crippen LogP contribution >= 0.6 is 0 Å². The zero-order valence-electron chi connectivity index (χ0n) is 21.6. The lowest BCUT2D eigenvalue weighted by atomic mass is 10.1. The number of rotatable bonds is 20. The molecule has 0 aromatic rings. The van der Waals surface area contributed by atoms with E-state index in [1.54, 1.807) is 0 Å². The van der Waals surface area contributed by atoms with Crippen molar-refractivity contribution in [2.24, 2.45) is 11.5 Å². The van der Waals surface area contributed by atoms with E-state index >= 15 is 0 Å². The molecule has 0 aliphatic carbocycles. The number of carbonyl (C=O) groups excluding carboxylic acids is 4. The normalized spacial score (nSPS) is 14.6. The predicted octanol–water partition coefficient (Wildman–Crippen LogP) is -3.79. The topological polar surface area (TPSA) is 301 Å². The molecule has 0 aromatic heterocycles. The average Bonchev–Trinajstić information content (AvgIpc) is 2.86. The minimum atomic E-state index is -1.61. The summed E-state index contributed by atoms with van der Waals surface area (Å²) in [4.78, 5) is 83.1. The third-order valence-electron chi connectivity index (χ3n) is 5.41. The van der Waals surface area contributed by atoms with Gasteiger partial charge in [-0.3, -0.25) is 28.8 Å². The summed E-state index contributed by atoms with van der Waals surface area (Å²) >= 11 is 0. The van der Waals surface area contributed by atoms with Crippen molar-refractivity contribution in [3.05, 3.63) is 0 Å². The number of nitrogens with two attached hydrogens (primary N) is 2. The molecule has 0 spiro atoms. The highest BCUT2D eigenvalue weighted by atomic mass is 16.4. The van der Waals surface area contributed by atoms with Gasteiger partial charge in [-0.15, -0.1) is 0 Å². The summed E-state index contributed by atoms with van der Waals surface area (Å²) in [7, 11) is 0. The standard InChI is InChI=1S/C22H38N6O11/c1-11(18(34)27-14(22(38)39)4-2-3-9-23)25-20(36)13(6-8-17(32)33)26-21(37)15(10-29)28-19(35)12(24)5-7-16(30)31/h11-15,29H,2-10,23-24H2,1H3,(H,25,36)(H,26,37)(H,27,34)(H,28,35)(H,30,31)(H,32,33)(H,38,39)/t11-,12-,13-,14-,15-/m0/s1. The van der Waals surface area contributed by atoms with E-state index in [-0.39, 0.29) is 12.8 Å². The van der Waals surface area contributed by atoms with Gasteiger partial charge in [0.25, 0.3) is 0 Å². The lowest BCUT2D eigenvalue weighted by Crippen LogP contribution is -2.58. The molecule has 0 heterocycles. The van der Waals surface area contributed by atoms with E-state index in [4.69, 9.17) is 21.7 Å². The van der Waals surface area contributed by atoms with Crippen molar-refractivity contribution in [3.63, 3.8) is 0 Å². The van der Waals surface area contributed by atoms with E-state index in [9.17, 15) is 43.8 Å². The van der Waals surface area contributed by atoms with Gasteiger partial charge >= 0.3 is 17.9 Å². The predicted molar refractivity (Wildman–Crippen MR) is 133 cm³/mol. The SMILES string of the molecule is C[C@H](NC(=O)[C@H](CCC(=O)O)NC(=O)[C@H](CO)NC(=O)[C@@H](N)CCC(=O)O)C(=O)N[C@@H](CCCCN)C(=O)O. The third-order valence-corrected chi connectivity index (χ3v) is 5.41. The number of hydrogen-bond donors (Lipinski definition) is 10. The van der Waals surface area contributed by atoms with Crippen LogP contribution in [0.2, 0.25) is 0 Å². The van der Waals surface area contributed by atoms with Crippen molar-refractivity contribution >= 4 is 41.5 Å². The van der Waals surface area contributed by atoms with Crippen LogP contribution in [0.5, 0.6) is 0 Å². The van der Waals surface area contributed by atoms with Crippen LogP contribution in [-0.4, -0.2) is 105 Å². The van der Waals surface area contributed by atoms with Gasteiger partial charge in [0, 0.05) is 12.8 Å².